The molecular weight excluding hydrogens is 130 g/mol. The van der Waals surface area contributed by atoms with Crippen molar-refractivity contribution in [1.82, 2.24) is 5.32 Å². The van der Waals surface area contributed by atoms with Gasteiger partial charge in [-0.15, -0.1) is 0 Å². The summed E-state index contributed by atoms with van der Waals surface area (Å²) >= 11 is 4.63. The van der Waals surface area contributed by atoms with Crippen molar-refractivity contribution in [2.75, 3.05) is 12.3 Å². The molecule has 0 saturated carbocycles. The summed E-state index contributed by atoms with van der Waals surface area (Å²) in [6.07, 6.45) is 0. The number of hydrogen-bond acceptors (Lipinski definition) is 2. The molecule has 0 radical (unpaired) electrons. The van der Waals surface area contributed by atoms with Crippen molar-refractivity contribution in [3.63, 3.8) is 0 Å². The smallest absolute Gasteiger partial charge is 0.164 e. The first-order valence-electron chi connectivity index (χ1n) is 1.97. The van der Waals surface area contributed by atoms with Crippen molar-refractivity contribution in [2.24, 2.45) is 0 Å². The van der Waals surface area contributed by atoms with Crippen molar-refractivity contribution in [3.05, 3.63) is 0 Å². The molecule has 1 heterocycles. The summed E-state index contributed by atoms with van der Waals surface area (Å²) < 4.78 is 11.0. The van der Waals surface area contributed by atoms with E-state index in [2.05, 4.69) is 17.5 Å². The molecule has 0 aromatic heterocycles. The molecule has 0 spiro atoms. The summed E-state index contributed by atoms with van der Waals surface area (Å²) in [5.74, 6) is 0.693. The lowest BCUT2D eigenvalue weighted by molar-refractivity contribution is 0.691. The predicted octanol–water partition coefficient (Wildman–Crippen LogP) is -0.377. The zero-order valence-corrected chi connectivity index (χ0v) is 5.27. The van der Waals surface area contributed by atoms with Crippen LogP contribution in [0.3, 0.4) is 0 Å². The maximum Gasteiger partial charge on any atom is 0.164 e. The van der Waals surface area contributed by atoms with Gasteiger partial charge < -0.3 is 5.32 Å². The largest absolute Gasteiger partial charge is 0.368 e. The quantitative estimate of drug-likeness (QED) is 0.459. The van der Waals surface area contributed by atoms with Gasteiger partial charge in [0.1, 0.15) is 0 Å². The third-order valence-electron chi connectivity index (χ3n) is 0.764. The van der Waals surface area contributed by atoms with E-state index in [1.54, 1.807) is 0 Å². The molecule has 1 rings (SSSR count). The summed E-state index contributed by atoms with van der Waals surface area (Å²) in [7, 11) is -0.847. The summed E-state index contributed by atoms with van der Waals surface area (Å²) in [4.78, 5) is 0. The Kier molecular flexibility index (Phi) is 1.39. The first-order valence-corrected chi connectivity index (χ1v) is 3.69. The summed E-state index contributed by atoms with van der Waals surface area (Å²) in [5, 5.41) is 2.80. The third kappa shape index (κ3) is 0.978. The third-order valence-corrected chi connectivity index (χ3v) is 2.60. The molecule has 1 atom stereocenters. The lowest BCUT2D eigenvalue weighted by Gasteiger charge is -1.83. The molecule has 1 N–H and O–H groups in total. The highest BCUT2D eigenvalue weighted by molar-refractivity contribution is 8.13. The molecule has 0 bridgehead atoms. The minimum atomic E-state index is -0.847. The minimum Gasteiger partial charge on any atom is -0.368 e. The molecule has 1 aliphatic heterocycles. The van der Waals surface area contributed by atoms with E-state index in [4.69, 9.17) is 0 Å². The van der Waals surface area contributed by atoms with Gasteiger partial charge in [-0.3, -0.25) is 4.21 Å². The standard InChI is InChI=1S/C3H5NOS2/c5-7-2-1-4-3(7)6/h1-2H2,(H,4,6). The van der Waals surface area contributed by atoms with Gasteiger partial charge in [0.05, 0.1) is 10.8 Å². The zero-order chi connectivity index (χ0) is 5.28. The van der Waals surface area contributed by atoms with E-state index in [1.165, 1.54) is 0 Å². The Bertz CT molecular complexity index is 108. The Hall–Kier alpha value is 0.0400. The van der Waals surface area contributed by atoms with Crippen molar-refractivity contribution in [2.45, 2.75) is 0 Å². The van der Waals surface area contributed by atoms with Gasteiger partial charge in [-0.25, -0.2) is 0 Å². The Labute approximate surface area is 49.7 Å². The summed E-state index contributed by atoms with van der Waals surface area (Å²) in [6.45, 7) is 0.783. The van der Waals surface area contributed by atoms with Crippen molar-refractivity contribution in [3.8, 4) is 0 Å². The second-order valence-corrected chi connectivity index (χ2v) is 3.44. The van der Waals surface area contributed by atoms with Gasteiger partial charge >= 0.3 is 0 Å². The average Bonchev–Trinajstić information content (AvgIpc) is 1.91. The van der Waals surface area contributed by atoms with Crippen LogP contribution in [0, 0.1) is 0 Å². The Balaban J connectivity index is 2.65. The lowest BCUT2D eigenvalue weighted by atomic mass is 10.8. The lowest BCUT2D eigenvalue weighted by Crippen LogP contribution is -2.12. The molecule has 4 heteroatoms. The van der Waals surface area contributed by atoms with Crippen LogP contribution in [0.2, 0.25) is 0 Å². The van der Waals surface area contributed by atoms with Crippen LogP contribution in [0.5, 0.6) is 0 Å². The first-order chi connectivity index (χ1) is 3.30. The zero-order valence-electron chi connectivity index (χ0n) is 3.64. The Morgan fingerprint density at radius 3 is 2.71 bits per heavy atom. The molecule has 2 nitrogen and oxygen atoms in total. The highest BCUT2D eigenvalue weighted by atomic mass is 32.2. The fourth-order valence-corrected chi connectivity index (χ4v) is 1.51. The van der Waals surface area contributed by atoms with E-state index in [1.807, 2.05) is 0 Å². The fraction of sp³-hybridized carbons (Fsp3) is 0.667. The Morgan fingerprint density at radius 2 is 2.57 bits per heavy atom. The second-order valence-electron chi connectivity index (χ2n) is 1.26. The van der Waals surface area contributed by atoms with Crippen LogP contribution in [0.1, 0.15) is 0 Å². The predicted molar refractivity (Wildman–Crippen MR) is 33.6 cm³/mol. The van der Waals surface area contributed by atoms with E-state index < -0.39 is 10.8 Å². The van der Waals surface area contributed by atoms with Gasteiger partial charge in [-0.1, -0.05) is 12.2 Å². The topological polar surface area (TPSA) is 29.1 Å². The maximum absolute atomic E-state index is 10.5. The van der Waals surface area contributed by atoms with E-state index >= 15 is 0 Å². The monoisotopic (exact) mass is 135 g/mol. The van der Waals surface area contributed by atoms with Crippen LogP contribution in [-0.4, -0.2) is 20.8 Å². The van der Waals surface area contributed by atoms with Gasteiger partial charge in [0, 0.05) is 12.3 Å². The highest BCUT2D eigenvalue weighted by Crippen LogP contribution is 1.91. The minimum absolute atomic E-state index is 0.514. The number of nitrogens with one attached hydrogen (secondary N) is 1. The number of rotatable bonds is 0. The fourth-order valence-electron chi connectivity index (χ4n) is 0.419. The molecule has 1 fully saturated rings. The highest BCUT2D eigenvalue weighted by Gasteiger charge is 2.12. The van der Waals surface area contributed by atoms with Gasteiger partial charge in [0.25, 0.3) is 0 Å². The van der Waals surface area contributed by atoms with Crippen LogP contribution >= 0.6 is 12.2 Å². The molecule has 1 saturated heterocycles. The first kappa shape index (κ1) is 5.18. The van der Waals surface area contributed by atoms with Crippen LogP contribution in [-0.2, 0) is 10.8 Å². The molecule has 1 aliphatic rings. The van der Waals surface area contributed by atoms with Crippen molar-refractivity contribution in [1.29, 1.82) is 0 Å². The molecule has 0 aromatic rings. The van der Waals surface area contributed by atoms with Gasteiger partial charge in [0.15, 0.2) is 4.32 Å². The van der Waals surface area contributed by atoms with Crippen molar-refractivity contribution >= 4 is 27.3 Å². The molecule has 1 unspecified atom stereocenters. The summed E-state index contributed by atoms with van der Waals surface area (Å²) in [6, 6.07) is 0. The van der Waals surface area contributed by atoms with Crippen molar-refractivity contribution < 1.29 is 4.21 Å². The van der Waals surface area contributed by atoms with E-state index in [0.29, 0.717) is 10.1 Å². The SMILES string of the molecule is O=S1CCNC1=S. The second kappa shape index (κ2) is 1.88. The summed E-state index contributed by atoms with van der Waals surface area (Å²) in [5.41, 5.74) is 0. The van der Waals surface area contributed by atoms with E-state index in [0.717, 1.165) is 6.54 Å². The van der Waals surface area contributed by atoms with Crippen LogP contribution < -0.4 is 5.32 Å². The molecule has 0 amide bonds. The van der Waals surface area contributed by atoms with Crippen LogP contribution in [0.15, 0.2) is 0 Å². The van der Waals surface area contributed by atoms with Crippen LogP contribution in [0.25, 0.3) is 0 Å². The molecule has 7 heavy (non-hydrogen) atoms. The Morgan fingerprint density at radius 1 is 1.86 bits per heavy atom. The number of thiocarbonyl (C=S) groups is 1. The molecule has 0 aromatic carbocycles. The van der Waals surface area contributed by atoms with Gasteiger partial charge in [-0.05, 0) is 0 Å². The molecule has 40 valence electrons. The molecular formula is C3H5NOS2. The van der Waals surface area contributed by atoms with E-state index in [9.17, 15) is 4.21 Å². The molecule has 0 aliphatic carbocycles. The maximum atomic E-state index is 10.5. The normalized spacial score (nSPS) is 30.3. The van der Waals surface area contributed by atoms with Gasteiger partial charge in [-0.2, -0.15) is 0 Å². The number of hydrogen-bond donors (Lipinski definition) is 1. The van der Waals surface area contributed by atoms with E-state index in [-0.39, 0.29) is 0 Å². The van der Waals surface area contributed by atoms with Gasteiger partial charge in [0.2, 0.25) is 0 Å². The van der Waals surface area contributed by atoms with Crippen LogP contribution in [0.4, 0.5) is 0 Å². The average molecular weight is 135 g/mol.